The molecule has 0 saturated heterocycles. The first-order valence-corrected chi connectivity index (χ1v) is 13.0. The highest BCUT2D eigenvalue weighted by molar-refractivity contribution is 7.89. The largest absolute Gasteiger partial charge is 0.348 e. The van der Waals surface area contributed by atoms with Crippen molar-refractivity contribution in [2.24, 2.45) is 0 Å². The Balaban J connectivity index is 1.64. The number of benzene rings is 3. The molecule has 0 saturated carbocycles. The van der Waals surface area contributed by atoms with Crippen LogP contribution in [0.15, 0.2) is 89.8 Å². The van der Waals surface area contributed by atoms with Gasteiger partial charge >= 0.3 is 0 Å². The average molecular weight is 494 g/mol. The molecule has 3 aromatic carbocycles. The number of carbonyl (C=O) groups is 2. The lowest BCUT2D eigenvalue weighted by molar-refractivity contribution is -0.123. The van der Waals surface area contributed by atoms with Gasteiger partial charge in [0.25, 0.3) is 0 Å². The Bertz CT molecular complexity index is 1210. The van der Waals surface area contributed by atoms with E-state index < -0.39 is 22.0 Å². The molecule has 0 aliphatic heterocycles. The third kappa shape index (κ3) is 8.05. The van der Waals surface area contributed by atoms with Crippen molar-refractivity contribution in [2.45, 2.75) is 50.1 Å². The van der Waals surface area contributed by atoms with Crippen molar-refractivity contribution in [1.29, 1.82) is 0 Å². The maximum Gasteiger partial charge on any atom is 0.241 e. The van der Waals surface area contributed by atoms with E-state index in [1.54, 1.807) is 0 Å². The summed E-state index contributed by atoms with van der Waals surface area (Å²) in [5, 5.41) is 5.60. The quantitative estimate of drug-likeness (QED) is 0.372. The number of rotatable bonds is 11. The number of sulfonamides is 1. The molecule has 0 heterocycles. The highest BCUT2D eigenvalue weighted by Gasteiger charge is 2.24. The minimum absolute atomic E-state index is 0.00808. The van der Waals surface area contributed by atoms with Gasteiger partial charge in [-0.05, 0) is 61.6 Å². The lowest BCUT2D eigenvalue weighted by Gasteiger charge is -2.22. The fourth-order valence-corrected chi connectivity index (χ4v) is 4.94. The van der Waals surface area contributed by atoms with Gasteiger partial charge in [0.15, 0.2) is 0 Å². The van der Waals surface area contributed by atoms with E-state index in [1.165, 1.54) is 43.7 Å². The van der Waals surface area contributed by atoms with Crippen LogP contribution in [-0.2, 0) is 26.0 Å². The van der Waals surface area contributed by atoms with Crippen LogP contribution in [0.3, 0.4) is 0 Å². The number of nitrogens with one attached hydrogen (secondary N) is 3. The van der Waals surface area contributed by atoms with Gasteiger partial charge in [-0.15, -0.1) is 0 Å². The molecular formula is C27H31N3O4S. The summed E-state index contributed by atoms with van der Waals surface area (Å²) in [7, 11) is -3.93. The molecule has 1 unspecified atom stereocenters. The van der Waals surface area contributed by atoms with Crippen molar-refractivity contribution in [3.05, 3.63) is 96.1 Å². The van der Waals surface area contributed by atoms with E-state index in [2.05, 4.69) is 27.5 Å². The third-order valence-corrected chi connectivity index (χ3v) is 7.09. The first-order chi connectivity index (χ1) is 16.7. The van der Waals surface area contributed by atoms with Gasteiger partial charge in [0, 0.05) is 12.6 Å². The van der Waals surface area contributed by atoms with E-state index in [9.17, 15) is 18.0 Å². The number of anilines is 1. The molecule has 3 aromatic rings. The summed E-state index contributed by atoms with van der Waals surface area (Å²) in [5.41, 5.74) is 2.69. The first kappa shape index (κ1) is 26.1. The van der Waals surface area contributed by atoms with Crippen molar-refractivity contribution in [2.75, 3.05) is 5.32 Å². The Hall–Kier alpha value is -3.49. The minimum atomic E-state index is -3.93. The lowest BCUT2D eigenvalue weighted by atomic mass is 9.98. The van der Waals surface area contributed by atoms with Crippen LogP contribution in [0.5, 0.6) is 0 Å². The zero-order chi connectivity index (χ0) is 25.3. The molecular weight excluding hydrogens is 462 g/mol. The van der Waals surface area contributed by atoms with E-state index in [4.69, 9.17) is 0 Å². The Kier molecular flexibility index (Phi) is 9.17. The summed E-state index contributed by atoms with van der Waals surface area (Å²) >= 11 is 0. The van der Waals surface area contributed by atoms with Gasteiger partial charge in [0.2, 0.25) is 21.8 Å². The Labute approximate surface area is 207 Å². The zero-order valence-electron chi connectivity index (χ0n) is 19.9. The van der Waals surface area contributed by atoms with Crippen molar-refractivity contribution in [1.82, 2.24) is 10.0 Å². The Morgan fingerprint density at radius 2 is 1.46 bits per heavy atom. The summed E-state index contributed by atoms with van der Waals surface area (Å²) < 4.78 is 28.0. The van der Waals surface area contributed by atoms with Gasteiger partial charge in [-0.1, -0.05) is 60.7 Å². The highest BCUT2D eigenvalue weighted by atomic mass is 32.2. The summed E-state index contributed by atoms with van der Waals surface area (Å²) in [6.07, 6.45) is 2.47. The van der Waals surface area contributed by atoms with Crippen LogP contribution in [0.4, 0.5) is 5.69 Å². The zero-order valence-corrected chi connectivity index (χ0v) is 20.7. The molecule has 0 spiro atoms. The number of hydrogen-bond donors (Lipinski definition) is 3. The number of hydrogen-bond acceptors (Lipinski definition) is 4. The molecule has 35 heavy (non-hydrogen) atoms. The number of amides is 2. The number of carbonyl (C=O) groups excluding carboxylic acids is 2. The Morgan fingerprint density at radius 3 is 2.06 bits per heavy atom. The normalized spacial score (nSPS) is 13.0. The van der Waals surface area contributed by atoms with Crippen LogP contribution in [0.25, 0.3) is 0 Å². The van der Waals surface area contributed by atoms with Crippen LogP contribution in [0, 0.1) is 0 Å². The summed E-state index contributed by atoms with van der Waals surface area (Å²) in [4.78, 5) is 24.1. The molecule has 0 aliphatic carbocycles. The average Bonchev–Trinajstić information content (AvgIpc) is 2.84. The topological polar surface area (TPSA) is 104 Å². The minimum Gasteiger partial charge on any atom is -0.348 e. The standard InChI is InChI=1S/C27H31N3O4S/c1-20(30-35(33,34)25-18-16-24(17-19-25)28-21(2)31)27(32)29-26(23-13-7-4-8-14-23)15-9-12-22-10-5-3-6-11-22/h3-8,10-11,13-14,16-20,26,30H,9,12,15H2,1-2H3,(H,28,31)(H,29,32)/t20-,26?/m0/s1. The molecule has 8 heteroatoms. The molecule has 3 N–H and O–H groups in total. The summed E-state index contributed by atoms with van der Waals surface area (Å²) in [6.45, 7) is 2.89. The fourth-order valence-electron chi connectivity index (χ4n) is 3.73. The Morgan fingerprint density at radius 1 is 0.857 bits per heavy atom. The molecule has 7 nitrogen and oxygen atoms in total. The summed E-state index contributed by atoms with van der Waals surface area (Å²) in [6, 6.07) is 24.4. The predicted octanol–water partition coefficient (Wildman–Crippen LogP) is 4.19. The second-order valence-electron chi connectivity index (χ2n) is 8.40. The van der Waals surface area contributed by atoms with E-state index in [1.807, 2.05) is 48.5 Å². The maximum atomic E-state index is 13.0. The van der Waals surface area contributed by atoms with E-state index in [0.29, 0.717) is 12.1 Å². The van der Waals surface area contributed by atoms with Crippen molar-refractivity contribution in [3.63, 3.8) is 0 Å². The van der Waals surface area contributed by atoms with Crippen LogP contribution in [0.1, 0.15) is 43.9 Å². The van der Waals surface area contributed by atoms with Gasteiger partial charge in [0.1, 0.15) is 0 Å². The van der Waals surface area contributed by atoms with Crippen molar-refractivity contribution < 1.29 is 18.0 Å². The highest BCUT2D eigenvalue weighted by Crippen LogP contribution is 2.20. The lowest BCUT2D eigenvalue weighted by Crippen LogP contribution is -2.45. The molecule has 2 atom stereocenters. The molecule has 2 amide bonds. The molecule has 0 radical (unpaired) electrons. The predicted molar refractivity (Wildman–Crippen MR) is 137 cm³/mol. The van der Waals surface area contributed by atoms with E-state index in [-0.39, 0.29) is 16.8 Å². The van der Waals surface area contributed by atoms with Crippen LogP contribution < -0.4 is 15.4 Å². The summed E-state index contributed by atoms with van der Waals surface area (Å²) in [5.74, 6) is -0.655. The van der Waals surface area contributed by atoms with Gasteiger partial charge in [-0.3, -0.25) is 9.59 Å². The molecule has 0 aromatic heterocycles. The van der Waals surface area contributed by atoms with Crippen LogP contribution in [0.2, 0.25) is 0 Å². The second kappa shape index (κ2) is 12.3. The van der Waals surface area contributed by atoms with E-state index in [0.717, 1.165) is 18.4 Å². The van der Waals surface area contributed by atoms with Crippen LogP contribution >= 0.6 is 0 Å². The number of aryl methyl sites for hydroxylation is 1. The van der Waals surface area contributed by atoms with E-state index >= 15 is 0 Å². The fraction of sp³-hybridized carbons (Fsp3) is 0.259. The maximum absolute atomic E-state index is 13.0. The van der Waals surface area contributed by atoms with Gasteiger partial charge in [-0.2, -0.15) is 4.72 Å². The van der Waals surface area contributed by atoms with Crippen LogP contribution in [-0.4, -0.2) is 26.3 Å². The first-order valence-electron chi connectivity index (χ1n) is 11.5. The third-order valence-electron chi connectivity index (χ3n) is 5.53. The molecule has 0 fully saturated rings. The SMILES string of the molecule is CC(=O)Nc1ccc(S(=O)(=O)N[C@@H](C)C(=O)NC(CCCc2ccccc2)c2ccccc2)cc1. The molecule has 0 bridgehead atoms. The molecule has 0 aliphatic rings. The molecule has 184 valence electrons. The van der Waals surface area contributed by atoms with Crippen molar-refractivity contribution in [3.8, 4) is 0 Å². The van der Waals surface area contributed by atoms with Gasteiger partial charge in [0.05, 0.1) is 17.0 Å². The van der Waals surface area contributed by atoms with Crippen molar-refractivity contribution >= 4 is 27.5 Å². The smallest absolute Gasteiger partial charge is 0.241 e. The molecule has 3 rings (SSSR count). The second-order valence-corrected chi connectivity index (χ2v) is 10.1. The monoisotopic (exact) mass is 493 g/mol. The van der Waals surface area contributed by atoms with Gasteiger partial charge < -0.3 is 10.6 Å². The van der Waals surface area contributed by atoms with Gasteiger partial charge in [-0.25, -0.2) is 8.42 Å².